The Morgan fingerprint density at radius 3 is 2.81 bits per heavy atom. The molecule has 1 N–H and O–H groups in total. The zero-order valence-corrected chi connectivity index (χ0v) is 17.9. The standard InChI is InChI=1S/C24H26FN3O3/c1-24(2)10-19(26-12-15-8-21(29-3)23-22(9-15)30-14-31-23)18-13-27-28(20(18)11-24)17-6-4-16(25)5-7-17/h4-9,13,19,26H,10-12,14H2,1-3H3/t19-/m1/s1. The van der Waals surface area contributed by atoms with E-state index < -0.39 is 0 Å². The second-order valence-electron chi connectivity index (χ2n) is 8.95. The van der Waals surface area contributed by atoms with Gasteiger partial charge < -0.3 is 19.5 Å². The molecule has 1 atom stereocenters. The van der Waals surface area contributed by atoms with E-state index >= 15 is 0 Å². The molecule has 0 saturated carbocycles. The van der Waals surface area contributed by atoms with Crippen LogP contribution in [0.5, 0.6) is 17.2 Å². The molecular formula is C24H26FN3O3. The summed E-state index contributed by atoms with van der Waals surface area (Å²) in [5.41, 5.74) is 4.41. The van der Waals surface area contributed by atoms with Crippen LogP contribution >= 0.6 is 0 Å². The Morgan fingerprint density at radius 2 is 2.03 bits per heavy atom. The highest BCUT2D eigenvalue weighted by Crippen LogP contribution is 2.43. The van der Waals surface area contributed by atoms with Crippen molar-refractivity contribution in [2.75, 3.05) is 13.9 Å². The first-order valence-corrected chi connectivity index (χ1v) is 10.5. The number of nitrogens with one attached hydrogen (secondary N) is 1. The maximum Gasteiger partial charge on any atom is 0.231 e. The SMILES string of the molecule is COc1cc(CN[C@@H]2CC(C)(C)Cc3c2cnn3-c2ccc(F)cc2)cc2c1OCO2. The molecule has 162 valence electrons. The zero-order chi connectivity index (χ0) is 21.6. The van der Waals surface area contributed by atoms with Crippen molar-refractivity contribution in [3.63, 3.8) is 0 Å². The lowest BCUT2D eigenvalue weighted by Crippen LogP contribution is -2.33. The van der Waals surface area contributed by atoms with Crippen molar-refractivity contribution >= 4 is 0 Å². The van der Waals surface area contributed by atoms with Gasteiger partial charge in [-0.2, -0.15) is 5.10 Å². The second kappa shape index (κ2) is 7.57. The van der Waals surface area contributed by atoms with Crippen LogP contribution in [0.15, 0.2) is 42.6 Å². The van der Waals surface area contributed by atoms with Gasteiger partial charge in [-0.3, -0.25) is 0 Å². The first-order chi connectivity index (χ1) is 14.9. The number of aromatic nitrogens is 2. The highest BCUT2D eigenvalue weighted by atomic mass is 19.1. The lowest BCUT2D eigenvalue weighted by molar-refractivity contribution is 0.171. The van der Waals surface area contributed by atoms with Crippen LogP contribution in [0.2, 0.25) is 0 Å². The van der Waals surface area contributed by atoms with Gasteiger partial charge in [0.25, 0.3) is 0 Å². The molecule has 0 saturated heterocycles. The van der Waals surface area contributed by atoms with E-state index in [2.05, 4.69) is 24.3 Å². The summed E-state index contributed by atoms with van der Waals surface area (Å²) in [6.07, 6.45) is 3.85. The van der Waals surface area contributed by atoms with Crippen molar-refractivity contribution in [3.8, 4) is 22.9 Å². The number of rotatable bonds is 5. The molecule has 0 radical (unpaired) electrons. The zero-order valence-electron chi connectivity index (χ0n) is 17.9. The number of ether oxygens (including phenoxy) is 3. The van der Waals surface area contributed by atoms with Crippen molar-refractivity contribution < 1.29 is 18.6 Å². The number of hydrogen-bond donors (Lipinski definition) is 1. The molecule has 2 aromatic carbocycles. The summed E-state index contributed by atoms with van der Waals surface area (Å²) in [5.74, 6) is 1.81. The number of nitrogens with zero attached hydrogens (tertiary/aromatic N) is 2. The molecule has 0 fully saturated rings. The normalized spacial score (nSPS) is 18.6. The van der Waals surface area contributed by atoms with E-state index in [4.69, 9.17) is 14.2 Å². The highest BCUT2D eigenvalue weighted by Gasteiger charge is 2.35. The summed E-state index contributed by atoms with van der Waals surface area (Å²) in [7, 11) is 1.63. The molecule has 1 aromatic heterocycles. The lowest BCUT2D eigenvalue weighted by atomic mass is 9.74. The number of hydrogen-bond acceptors (Lipinski definition) is 5. The van der Waals surface area contributed by atoms with E-state index in [0.717, 1.165) is 24.1 Å². The van der Waals surface area contributed by atoms with Crippen LogP contribution in [0, 0.1) is 11.2 Å². The van der Waals surface area contributed by atoms with Gasteiger partial charge in [-0.05, 0) is 60.2 Å². The van der Waals surface area contributed by atoms with Crippen LogP contribution in [0.4, 0.5) is 4.39 Å². The Balaban J connectivity index is 1.42. The third kappa shape index (κ3) is 3.74. The topological polar surface area (TPSA) is 57.5 Å². The van der Waals surface area contributed by atoms with Crippen molar-refractivity contribution in [1.82, 2.24) is 15.1 Å². The van der Waals surface area contributed by atoms with Crippen LogP contribution in [0.25, 0.3) is 5.69 Å². The largest absolute Gasteiger partial charge is 0.493 e. The molecule has 0 unspecified atom stereocenters. The Hall–Kier alpha value is -3.06. The van der Waals surface area contributed by atoms with Crippen LogP contribution in [0.3, 0.4) is 0 Å². The van der Waals surface area contributed by atoms with Crippen LogP contribution in [-0.2, 0) is 13.0 Å². The van der Waals surface area contributed by atoms with E-state index in [9.17, 15) is 4.39 Å². The van der Waals surface area contributed by atoms with Gasteiger partial charge in [0.05, 0.1) is 19.0 Å². The number of halogens is 1. The average Bonchev–Trinajstić information content (AvgIpc) is 3.38. The van der Waals surface area contributed by atoms with E-state index in [1.54, 1.807) is 19.2 Å². The van der Waals surface area contributed by atoms with Crippen LogP contribution in [0.1, 0.15) is 43.1 Å². The minimum atomic E-state index is -0.246. The third-order valence-electron chi connectivity index (χ3n) is 6.02. The Morgan fingerprint density at radius 1 is 1.23 bits per heavy atom. The summed E-state index contributed by atoms with van der Waals surface area (Å²) in [5, 5.41) is 8.34. The molecular weight excluding hydrogens is 397 g/mol. The van der Waals surface area contributed by atoms with Crippen molar-refractivity contribution in [2.45, 2.75) is 39.3 Å². The first-order valence-electron chi connectivity index (χ1n) is 10.5. The van der Waals surface area contributed by atoms with E-state index in [0.29, 0.717) is 23.8 Å². The van der Waals surface area contributed by atoms with Gasteiger partial charge >= 0.3 is 0 Å². The van der Waals surface area contributed by atoms with Gasteiger partial charge in [-0.1, -0.05) is 13.8 Å². The van der Waals surface area contributed by atoms with E-state index in [-0.39, 0.29) is 24.1 Å². The van der Waals surface area contributed by atoms with Gasteiger partial charge in [-0.25, -0.2) is 9.07 Å². The molecule has 31 heavy (non-hydrogen) atoms. The number of benzene rings is 2. The van der Waals surface area contributed by atoms with Crippen molar-refractivity contribution in [3.05, 3.63) is 65.2 Å². The summed E-state index contributed by atoms with van der Waals surface area (Å²) in [6.45, 7) is 5.42. The second-order valence-corrected chi connectivity index (χ2v) is 8.95. The fourth-order valence-corrected chi connectivity index (χ4v) is 4.56. The molecule has 6 nitrogen and oxygen atoms in total. The van der Waals surface area contributed by atoms with E-state index in [1.165, 1.54) is 23.4 Å². The molecule has 2 aliphatic rings. The van der Waals surface area contributed by atoms with Gasteiger partial charge in [0.15, 0.2) is 11.5 Å². The number of methoxy groups -OCH3 is 1. The molecule has 5 rings (SSSR count). The Bertz CT molecular complexity index is 1110. The average molecular weight is 423 g/mol. The summed E-state index contributed by atoms with van der Waals surface area (Å²) in [4.78, 5) is 0. The molecule has 2 heterocycles. The summed E-state index contributed by atoms with van der Waals surface area (Å²) < 4.78 is 31.8. The quantitative estimate of drug-likeness (QED) is 0.652. The van der Waals surface area contributed by atoms with Crippen molar-refractivity contribution in [2.24, 2.45) is 5.41 Å². The molecule has 1 aliphatic carbocycles. The van der Waals surface area contributed by atoms with Crippen LogP contribution in [-0.4, -0.2) is 23.7 Å². The number of fused-ring (bicyclic) bond motifs is 2. The Kier molecular flexibility index (Phi) is 4.85. The minimum absolute atomic E-state index is 0.106. The molecule has 7 heteroatoms. The predicted molar refractivity (Wildman–Crippen MR) is 114 cm³/mol. The monoisotopic (exact) mass is 423 g/mol. The van der Waals surface area contributed by atoms with E-state index in [1.807, 2.05) is 23.0 Å². The third-order valence-corrected chi connectivity index (χ3v) is 6.02. The maximum absolute atomic E-state index is 13.4. The minimum Gasteiger partial charge on any atom is -0.493 e. The van der Waals surface area contributed by atoms with Crippen LogP contribution < -0.4 is 19.5 Å². The molecule has 1 aliphatic heterocycles. The molecule has 0 bridgehead atoms. The summed E-state index contributed by atoms with van der Waals surface area (Å²) in [6, 6.07) is 10.6. The van der Waals surface area contributed by atoms with Gasteiger partial charge in [0.2, 0.25) is 12.5 Å². The Labute approximate surface area is 180 Å². The maximum atomic E-state index is 13.4. The molecule has 0 amide bonds. The van der Waals surface area contributed by atoms with Crippen molar-refractivity contribution in [1.29, 1.82) is 0 Å². The van der Waals surface area contributed by atoms with Gasteiger partial charge in [-0.15, -0.1) is 0 Å². The fraction of sp³-hybridized carbons (Fsp3) is 0.375. The molecule has 3 aromatic rings. The highest BCUT2D eigenvalue weighted by molar-refractivity contribution is 5.55. The van der Waals surface area contributed by atoms with Gasteiger partial charge in [0, 0.05) is 23.8 Å². The molecule has 0 spiro atoms. The first kappa shape index (κ1) is 19.9. The fourth-order valence-electron chi connectivity index (χ4n) is 4.56. The summed E-state index contributed by atoms with van der Waals surface area (Å²) >= 11 is 0. The van der Waals surface area contributed by atoms with Gasteiger partial charge in [0.1, 0.15) is 5.82 Å². The predicted octanol–water partition coefficient (Wildman–Crippen LogP) is 4.55. The smallest absolute Gasteiger partial charge is 0.231 e. The lowest BCUT2D eigenvalue weighted by Gasteiger charge is -2.36.